The zero-order chi connectivity index (χ0) is 16.1. The van der Waals surface area contributed by atoms with Crippen LogP contribution in [-0.4, -0.2) is 34.0 Å². The second-order valence-electron chi connectivity index (χ2n) is 5.13. The van der Waals surface area contributed by atoms with E-state index in [1.54, 1.807) is 6.92 Å². The van der Waals surface area contributed by atoms with Crippen molar-refractivity contribution in [1.29, 1.82) is 0 Å². The zero-order valence-corrected chi connectivity index (χ0v) is 12.7. The minimum atomic E-state index is -0.811. The summed E-state index contributed by atoms with van der Waals surface area (Å²) in [4.78, 5) is 17.4. The SMILES string of the molecule is CCN(C[C@H](O)c1ccc(C)cc1)C(=O)c1ccncc1F. The van der Waals surface area contributed by atoms with Crippen molar-refractivity contribution in [2.45, 2.75) is 20.0 Å². The number of benzene rings is 1. The molecule has 4 nitrogen and oxygen atoms in total. The summed E-state index contributed by atoms with van der Waals surface area (Å²) >= 11 is 0. The molecule has 22 heavy (non-hydrogen) atoms. The van der Waals surface area contributed by atoms with Gasteiger partial charge in [-0.1, -0.05) is 29.8 Å². The number of aliphatic hydroxyl groups excluding tert-OH is 1. The van der Waals surface area contributed by atoms with E-state index in [1.807, 2.05) is 31.2 Å². The molecule has 0 saturated heterocycles. The number of aliphatic hydroxyl groups is 1. The number of hydrogen-bond acceptors (Lipinski definition) is 3. The summed E-state index contributed by atoms with van der Waals surface area (Å²) in [5, 5.41) is 10.3. The molecule has 0 saturated carbocycles. The summed E-state index contributed by atoms with van der Waals surface area (Å²) in [6.45, 7) is 4.24. The molecule has 0 radical (unpaired) electrons. The second kappa shape index (κ2) is 7.13. The van der Waals surface area contributed by atoms with E-state index in [2.05, 4.69) is 4.98 Å². The minimum absolute atomic E-state index is 0.0343. The van der Waals surface area contributed by atoms with Gasteiger partial charge in [0.1, 0.15) is 0 Å². The molecule has 1 heterocycles. The van der Waals surface area contributed by atoms with E-state index < -0.39 is 17.8 Å². The van der Waals surface area contributed by atoms with Crippen molar-refractivity contribution in [1.82, 2.24) is 9.88 Å². The molecule has 116 valence electrons. The second-order valence-corrected chi connectivity index (χ2v) is 5.13. The van der Waals surface area contributed by atoms with Crippen LogP contribution >= 0.6 is 0 Å². The molecule has 1 aromatic carbocycles. The van der Waals surface area contributed by atoms with Gasteiger partial charge in [-0.2, -0.15) is 0 Å². The monoisotopic (exact) mass is 302 g/mol. The third-order valence-corrected chi connectivity index (χ3v) is 3.53. The van der Waals surface area contributed by atoms with Gasteiger partial charge in [0.05, 0.1) is 24.4 Å². The van der Waals surface area contributed by atoms with Gasteiger partial charge in [-0.15, -0.1) is 0 Å². The third kappa shape index (κ3) is 3.68. The van der Waals surface area contributed by atoms with Crippen LogP contribution in [0.15, 0.2) is 42.7 Å². The molecule has 0 fully saturated rings. The lowest BCUT2D eigenvalue weighted by atomic mass is 10.1. The van der Waals surface area contributed by atoms with E-state index in [0.29, 0.717) is 6.54 Å². The fraction of sp³-hybridized carbons (Fsp3) is 0.294. The molecule has 0 unspecified atom stereocenters. The predicted octanol–water partition coefficient (Wildman–Crippen LogP) is 2.72. The number of aromatic nitrogens is 1. The van der Waals surface area contributed by atoms with Gasteiger partial charge in [0.2, 0.25) is 0 Å². The topological polar surface area (TPSA) is 53.4 Å². The molecule has 1 amide bonds. The Balaban J connectivity index is 2.13. The van der Waals surface area contributed by atoms with Crippen LogP contribution in [0.4, 0.5) is 4.39 Å². The molecule has 0 aliphatic heterocycles. The smallest absolute Gasteiger partial charge is 0.257 e. The quantitative estimate of drug-likeness (QED) is 0.924. The van der Waals surface area contributed by atoms with Crippen LogP contribution in [0.3, 0.4) is 0 Å². The number of halogens is 1. The van der Waals surface area contributed by atoms with Crippen LogP contribution in [0.2, 0.25) is 0 Å². The molecule has 0 aliphatic carbocycles. The number of nitrogens with zero attached hydrogens (tertiary/aromatic N) is 2. The first kappa shape index (κ1) is 16.1. The van der Waals surface area contributed by atoms with Crippen molar-refractivity contribution >= 4 is 5.91 Å². The number of hydrogen-bond donors (Lipinski definition) is 1. The average Bonchev–Trinajstić information content (AvgIpc) is 2.53. The lowest BCUT2D eigenvalue weighted by molar-refractivity contribution is 0.0630. The molecule has 1 atom stereocenters. The van der Waals surface area contributed by atoms with Crippen molar-refractivity contribution in [3.05, 3.63) is 65.2 Å². The predicted molar refractivity (Wildman–Crippen MR) is 81.9 cm³/mol. The number of pyridine rings is 1. The van der Waals surface area contributed by atoms with Gasteiger partial charge in [0.25, 0.3) is 5.91 Å². The molecule has 0 aliphatic rings. The summed E-state index contributed by atoms with van der Waals surface area (Å²) < 4.78 is 13.7. The maximum Gasteiger partial charge on any atom is 0.257 e. The molecule has 2 rings (SSSR count). The van der Waals surface area contributed by atoms with Crippen LogP contribution in [0.5, 0.6) is 0 Å². The van der Waals surface area contributed by atoms with E-state index in [-0.39, 0.29) is 12.1 Å². The number of amides is 1. The summed E-state index contributed by atoms with van der Waals surface area (Å²) in [5.74, 6) is -1.11. The Bertz CT molecular complexity index is 643. The van der Waals surface area contributed by atoms with Crippen molar-refractivity contribution in [3.63, 3.8) is 0 Å². The lowest BCUT2D eigenvalue weighted by Crippen LogP contribution is -2.35. The molecular weight excluding hydrogens is 283 g/mol. The average molecular weight is 302 g/mol. The van der Waals surface area contributed by atoms with Crippen LogP contribution in [0.25, 0.3) is 0 Å². The first-order valence-electron chi connectivity index (χ1n) is 7.16. The highest BCUT2D eigenvalue weighted by Gasteiger charge is 2.21. The van der Waals surface area contributed by atoms with Crippen LogP contribution < -0.4 is 0 Å². The standard InChI is InChI=1S/C17H19FN2O2/c1-3-20(17(22)14-8-9-19-10-15(14)18)11-16(21)13-6-4-12(2)5-7-13/h4-10,16,21H,3,11H2,1-2H3/t16-/m0/s1. The van der Waals surface area contributed by atoms with Crippen molar-refractivity contribution in [2.75, 3.05) is 13.1 Å². The Morgan fingerprint density at radius 2 is 2.00 bits per heavy atom. The molecule has 1 aromatic heterocycles. The van der Waals surface area contributed by atoms with Gasteiger partial charge >= 0.3 is 0 Å². The third-order valence-electron chi connectivity index (χ3n) is 3.53. The Hall–Kier alpha value is -2.27. The molecule has 2 aromatic rings. The van der Waals surface area contributed by atoms with Crippen molar-refractivity contribution < 1.29 is 14.3 Å². The summed E-state index contributed by atoms with van der Waals surface area (Å²) in [5.41, 5.74) is 1.79. The maximum absolute atomic E-state index is 13.7. The van der Waals surface area contributed by atoms with Gasteiger partial charge in [0, 0.05) is 12.7 Å². The van der Waals surface area contributed by atoms with E-state index in [9.17, 15) is 14.3 Å². The maximum atomic E-state index is 13.7. The van der Waals surface area contributed by atoms with Crippen LogP contribution in [-0.2, 0) is 0 Å². The normalized spacial score (nSPS) is 12.0. The lowest BCUT2D eigenvalue weighted by Gasteiger charge is -2.24. The highest BCUT2D eigenvalue weighted by molar-refractivity contribution is 5.94. The zero-order valence-electron chi connectivity index (χ0n) is 12.7. The first-order chi connectivity index (χ1) is 10.5. The fourth-order valence-electron chi connectivity index (χ4n) is 2.18. The van der Waals surface area contributed by atoms with Crippen molar-refractivity contribution in [2.24, 2.45) is 0 Å². The Morgan fingerprint density at radius 1 is 1.32 bits per heavy atom. The van der Waals surface area contributed by atoms with Crippen LogP contribution in [0, 0.1) is 12.7 Å². The van der Waals surface area contributed by atoms with Gasteiger partial charge in [-0.25, -0.2) is 4.39 Å². The van der Waals surface area contributed by atoms with Crippen molar-refractivity contribution in [3.8, 4) is 0 Å². The van der Waals surface area contributed by atoms with Crippen LogP contribution in [0.1, 0.15) is 34.5 Å². The van der Waals surface area contributed by atoms with E-state index in [1.165, 1.54) is 17.2 Å². The van der Waals surface area contributed by atoms with E-state index in [4.69, 9.17) is 0 Å². The Morgan fingerprint density at radius 3 is 2.59 bits per heavy atom. The highest BCUT2D eigenvalue weighted by Crippen LogP contribution is 2.17. The number of rotatable bonds is 5. The molecule has 5 heteroatoms. The molecule has 0 bridgehead atoms. The Kier molecular flexibility index (Phi) is 5.22. The summed E-state index contributed by atoms with van der Waals surface area (Å²) in [6.07, 6.45) is 1.58. The molecule has 1 N–H and O–H groups in total. The largest absolute Gasteiger partial charge is 0.387 e. The van der Waals surface area contributed by atoms with Gasteiger partial charge in [0.15, 0.2) is 5.82 Å². The first-order valence-corrected chi connectivity index (χ1v) is 7.16. The van der Waals surface area contributed by atoms with E-state index in [0.717, 1.165) is 17.3 Å². The van der Waals surface area contributed by atoms with E-state index >= 15 is 0 Å². The molecular formula is C17H19FN2O2. The van der Waals surface area contributed by atoms with Gasteiger partial charge < -0.3 is 10.0 Å². The summed E-state index contributed by atoms with van der Waals surface area (Å²) in [7, 11) is 0. The highest BCUT2D eigenvalue weighted by atomic mass is 19.1. The number of aryl methyl sites for hydroxylation is 1. The Labute approximate surface area is 129 Å². The minimum Gasteiger partial charge on any atom is -0.387 e. The van der Waals surface area contributed by atoms with Gasteiger partial charge in [-0.05, 0) is 25.5 Å². The number of carbonyl (C=O) groups is 1. The fourth-order valence-corrected chi connectivity index (χ4v) is 2.18. The number of likely N-dealkylation sites (N-methyl/N-ethyl adjacent to an activating group) is 1. The number of carbonyl (C=O) groups excluding carboxylic acids is 1. The molecule has 0 spiro atoms. The van der Waals surface area contributed by atoms with Gasteiger partial charge in [-0.3, -0.25) is 9.78 Å². The summed E-state index contributed by atoms with van der Waals surface area (Å²) in [6, 6.07) is 8.80.